The summed E-state index contributed by atoms with van der Waals surface area (Å²) in [5.41, 5.74) is 38.5. The van der Waals surface area contributed by atoms with Crippen LogP contribution in [-0.2, 0) is 5.41 Å². The third-order valence-electron chi connectivity index (χ3n) is 18.4. The van der Waals surface area contributed by atoms with Crippen molar-refractivity contribution in [1.29, 1.82) is 0 Å². The summed E-state index contributed by atoms with van der Waals surface area (Å²) in [4.78, 5) is 10.1. The van der Waals surface area contributed by atoms with Crippen LogP contribution in [0, 0.1) is 111 Å². The van der Waals surface area contributed by atoms with Crippen molar-refractivity contribution in [2.75, 3.05) is 19.6 Å². The van der Waals surface area contributed by atoms with Crippen LogP contribution in [0.3, 0.4) is 0 Å². The summed E-state index contributed by atoms with van der Waals surface area (Å²) >= 11 is 0. The van der Waals surface area contributed by atoms with Gasteiger partial charge in [0.1, 0.15) is 0 Å². The van der Waals surface area contributed by atoms with Gasteiger partial charge in [-0.2, -0.15) is 0 Å². The van der Waals surface area contributed by atoms with Gasteiger partial charge < -0.3 is 19.6 Å². The first kappa shape index (κ1) is 61.7. The summed E-state index contributed by atoms with van der Waals surface area (Å²) in [5.74, 6) is 0. The monoisotopic (exact) mass is 1210 g/mol. The Morgan fingerprint density at radius 2 is 0.323 bits per heavy atom. The lowest BCUT2D eigenvalue weighted by molar-refractivity contribution is 0.768. The molecule has 0 amide bonds. The molecule has 0 bridgehead atoms. The molecule has 0 saturated heterocycles. The predicted molar refractivity (Wildman–Crippen MR) is 398 cm³/mol. The van der Waals surface area contributed by atoms with Crippen molar-refractivity contribution < 1.29 is 0 Å². The van der Waals surface area contributed by atoms with Crippen LogP contribution in [0.5, 0.6) is 0 Å². The molecule has 13 rings (SSSR count). The number of rotatable bonds is 14. The lowest BCUT2D eigenvalue weighted by Crippen LogP contribution is -2.30. The third kappa shape index (κ3) is 12.1. The number of fused-ring (bicyclic) bond motifs is 3. The molecule has 12 aromatic carbocycles. The minimum atomic E-state index is -0.955. The van der Waals surface area contributed by atoms with E-state index in [4.69, 9.17) is 0 Å². The fraction of sp³-hybridized carbons (Fsp3) is 0.191. The molecule has 93 heavy (non-hydrogen) atoms. The summed E-state index contributed by atoms with van der Waals surface area (Å²) in [6, 6.07) is 89.7. The molecule has 0 fully saturated rings. The Morgan fingerprint density at radius 3 is 0.495 bits per heavy atom. The molecule has 4 heteroatoms. The van der Waals surface area contributed by atoms with Gasteiger partial charge in [-0.25, -0.2) is 0 Å². The molecule has 462 valence electrons. The van der Waals surface area contributed by atoms with E-state index in [2.05, 4.69) is 361 Å². The number of benzene rings is 12. The van der Waals surface area contributed by atoms with E-state index in [1.807, 2.05) is 0 Å². The van der Waals surface area contributed by atoms with E-state index in [1.54, 1.807) is 0 Å². The van der Waals surface area contributed by atoms with Crippen LogP contribution in [0.4, 0.5) is 68.2 Å². The number of hydrogen-bond donors (Lipinski definition) is 0. The Morgan fingerprint density at radius 1 is 0.172 bits per heavy atom. The Balaban J connectivity index is 1.25. The van der Waals surface area contributed by atoms with E-state index in [0.717, 1.165) is 79.4 Å². The van der Waals surface area contributed by atoms with E-state index >= 15 is 0 Å². The highest BCUT2D eigenvalue weighted by atomic mass is 15.2. The van der Waals surface area contributed by atoms with E-state index < -0.39 is 5.41 Å². The topological polar surface area (TPSA) is 13.0 Å². The lowest BCUT2D eigenvalue weighted by atomic mass is 9.67. The quantitative estimate of drug-likeness (QED) is 0.108. The summed E-state index contributed by atoms with van der Waals surface area (Å²) in [5, 5.41) is 0. The van der Waals surface area contributed by atoms with Gasteiger partial charge in [-0.05, 0) is 367 Å². The Bertz CT molecular complexity index is 4000. The SMILES string of the molecule is Cc1cc(C)cc(N(c2cc(C)cc(C)c2)c2cc(N(c3cc(C)cc(C)c3)c3cc(C)cc(C)c3)cc(C3(c4cc(N(c5cc(C)cc(C)c5)c5cc(C)cc(C)c5)cc(N(c5cc(C)cc(C)c5)c5cc(C)cc(C)c5)c4)c4ccccc4-c4ccccc43)c2)c1. The first-order valence-electron chi connectivity index (χ1n) is 32.9. The maximum absolute atomic E-state index is 2.54. The van der Waals surface area contributed by atoms with Gasteiger partial charge in [0.25, 0.3) is 0 Å². The van der Waals surface area contributed by atoms with Crippen LogP contribution in [-0.4, -0.2) is 0 Å². The van der Waals surface area contributed by atoms with E-state index in [1.165, 1.54) is 111 Å². The molecule has 0 aromatic heterocycles. The lowest BCUT2D eigenvalue weighted by Gasteiger charge is -2.39. The summed E-state index contributed by atoms with van der Waals surface area (Å²) in [7, 11) is 0. The van der Waals surface area contributed by atoms with Crippen molar-refractivity contribution >= 4 is 68.2 Å². The van der Waals surface area contributed by atoms with Crippen LogP contribution >= 0.6 is 0 Å². The number of aryl methyl sites for hydroxylation is 16. The second-order valence-electron chi connectivity index (χ2n) is 27.4. The molecule has 0 spiro atoms. The fourth-order valence-electron chi connectivity index (χ4n) is 15.6. The molecule has 12 aromatic rings. The fourth-order valence-corrected chi connectivity index (χ4v) is 15.6. The molecule has 1 aliphatic rings. The van der Waals surface area contributed by atoms with E-state index in [-0.39, 0.29) is 0 Å². The summed E-state index contributed by atoms with van der Waals surface area (Å²) in [6.07, 6.45) is 0. The Kier molecular flexibility index (Phi) is 16.2. The van der Waals surface area contributed by atoms with Crippen LogP contribution in [0.2, 0.25) is 0 Å². The molecule has 1 aliphatic carbocycles. The maximum Gasteiger partial charge on any atom is 0.0716 e. The molecule has 4 nitrogen and oxygen atoms in total. The van der Waals surface area contributed by atoms with Gasteiger partial charge in [0.15, 0.2) is 0 Å². The number of anilines is 12. The first-order valence-corrected chi connectivity index (χ1v) is 32.9. The van der Waals surface area contributed by atoms with Gasteiger partial charge >= 0.3 is 0 Å². The largest absolute Gasteiger partial charge is 0.310 e. The van der Waals surface area contributed by atoms with Gasteiger partial charge in [0, 0.05) is 68.2 Å². The average Bonchev–Trinajstić information content (AvgIpc) is 1.58. The van der Waals surface area contributed by atoms with Crippen molar-refractivity contribution in [3.05, 3.63) is 342 Å². The molecule has 0 radical (unpaired) electrons. The standard InChI is InChI=1S/C89H86N4/c1-55-25-56(2)34-73(33-55)90(74-35-57(3)26-58(4)36-74)81-49-71(50-82(53-81)91(75-37-59(5)27-60(6)38-75)76-39-61(7)28-62(8)40-76)89(87-23-19-17-21-85(87)86-22-18-20-24-88(86)89)72-51-83(92(77-41-63(9)29-64(10)42-77)78-43-65(11)30-66(12)44-78)54-84(52-72)93(79-45-67(13)31-68(14)46-79)80-47-69(15)32-70(16)48-80/h17-54H,1-16H3. The van der Waals surface area contributed by atoms with Gasteiger partial charge in [-0.1, -0.05) is 97.1 Å². The van der Waals surface area contributed by atoms with Gasteiger partial charge in [-0.15, -0.1) is 0 Å². The molecular formula is C89H86N4. The molecule has 0 N–H and O–H groups in total. The first-order chi connectivity index (χ1) is 44.5. The maximum atomic E-state index is 2.54. The van der Waals surface area contributed by atoms with Gasteiger partial charge in [0.2, 0.25) is 0 Å². The highest BCUT2D eigenvalue weighted by Crippen LogP contribution is 2.60. The van der Waals surface area contributed by atoms with Crippen molar-refractivity contribution in [3.63, 3.8) is 0 Å². The Hall–Kier alpha value is -10.2. The zero-order valence-electron chi connectivity index (χ0n) is 57.2. The van der Waals surface area contributed by atoms with Gasteiger partial charge in [0.05, 0.1) is 5.41 Å². The smallest absolute Gasteiger partial charge is 0.0716 e. The minimum absolute atomic E-state index is 0.955. The van der Waals surface area contributed by atoms with Gasteiger partial charge in [-0.3, -0.25) is 0 Å². The Labute approximate surface area is 553 Å². The molecule has 0 atom stereocenters. The second-order valence-corrected chi connectivity index (χ2v) is 27.4. The van der Waals surface area contributed by atoms with Crippen LogP contribution in [0.25, 0.3) is 11.1 Å². The van der Waals surface area contributed by atoms with Crippen molar-refractivity contribution in [2.45, 2.75) is 116 Å². The molecular weight excluding hydrogens is 1130 g/mol. The van der Waals surface area contributed by atoms with Crippen molar-refractivity contribution in [1.82, 2.24) is 0 Å². The molecule has 0 aliphatic heterocycles. The third-order valence-corrected chi connectivity index (χ3v) is 18.4. The predicted octanol–water partition coefficient (Wildman–Crippen LogP) is 24.9. The number of nitrogens with zero attached hydrogens (tertiary/aromatic N) is 4. The van der Waals surface area contributed by atoms with Crippen molar-refractivity contribution in [2.24, 2.45) is 0 Å². The van der Waals surface area contributed by atoms with Crippen LogP contribution in [0.15, 0.2) is 231 Å². The highest BCUT2D eigenvalue weighted by Gasteiger charge is 2.47. The van der Waals surface area contributed by atoms with E-state index in [0.29, 0.717) is 0 Å². The molecule has 0 heterocycles. The highest BCUT2D eigenvalue weighted by molar-refractivity contribution is 5.93. The summed E-state index contributed by atoms with van der Waals surface area (Å²) < 4.78 is 0. The molecule has 0 saturated carbocycles. The molecule has 0 unspecified atom stereocenters. The average molecular weight is 1210 g/mol. The minimum Gasteiger partial charge on any atom is -0.310 e. The van der Waals surface area contributed by atoms with Crippen molar-refractivity contribution in [3.8, 4) is 11.1 Å². The normalized spacial score (nSPS) is 12.2. The zero-order chi connectivity index (χ0) is 65.3. The number of hydrogen-bond acceptors (Lipinski definition) is 4. The second kappa shape index (κ2) is 24.5. The van der Waals surface area contributed by atoms with Crippen LogP contribution in [0.1, 0.15) is 111 Å². The van der Waals surface area contributed by atoms with Crippen LogP contribution < -0.4 is 19.6 Å². The van der Waals surface area contributed by atoms with E-state index in [9.17, 15) is 0 Å². The zero-order valence-corrected chi connectivity index (χ0v) is 57.2. The summed E-state index contributed by atoms with van der Waals surface area (Å²) in [6.45, 7) is 35.6.